The fraction of sp³-hybridized carbons (Fsp3) is 0.400. The second kappa shape index (κ2) is 5.72. The van der Waals surface area contributed by atoms with Gasteiger partial charge in [-0.3, -0.25) is 0 Å². The monoisotopic (exact) mass is 273 g/mol. The van der Waals surface area contributed by atoms with E-state index >= 15 is 0 Å². The lowest BCUT2D eigenvalue weighted by atomic mass is 10.1. The fourth-order valence-electron chi connectivity index (χ4n) is 2.49. The highest BCUT2D eigenvalue weighted by molar-refractivity contribution is 7.19. The largest absolute Gasteiger partial charge is 0.348 e. The molecule has 1 aromatic carbocycles. The van der Waals surface area contributed by atoms with Crippen molar-refractivity contribution in [3.8, 4) is 10.4 Å². The van der Waals surface area contributed by atoms with E-state index in [2.05, 4.69) is 40.5 Å². The van der Waals surface area contributed by atoms with Crippen molar-refractivity contribution < 1.29 is 0 Å². The molecule has 0 radical (unpaired) electrons. The van der Waals surface area contributed by atoms with Gasteiger partial charge in [0.05, 0.1) is 10.6 Å². The van der Waals surface area contributed by atoms with Crippen LogP contribution >= 0.6 is 11.3 Å². The van der Waals surface area contributed by atoms with Crippen molar-refractivity contribution in [2.75, 3.05) is 25.0 Å². The summed E-state index contributed by atoms with van der Waals surface area (Å²) < 4.78 is 0. The lowest BCUT2D eigenvalue weighted by Gasteiger charge is -2.12. The second-order valence-electron chi connectivity index (χ2n) is 4.86. The number of hydrogen-bond acceptors (Lipinski definition) is 4. The van der Waals surface area contributed by atoms with Gasteiger partial charge in [0.2, 0.25) is 0 Å². The summed E-state index contributed by atoms with van der Waals surface area (Å²) in [6.07, 6.45) is 2.59. The predicted molar refractivity (Wildman–Crippen MR) is 81.8 cm³/mol. The molecule has 3 rings (SSSR count). The number of nitrogens with one attached hydrogen (secondary N) is 1. The number of anilines is 1. The number of nitrogens with zero attached hydrogens (tertiary/aromatic N) is 2. The molecule has 4 heteroatoms. The van der Waals surface area contributed by atoms with Crippen LogP contribution in [0.15, 0.2) is 30.3 Å². The van der Waals surface area contributed by atoms with Crippen molar-refractivity contribution in [3.63, 3.8) is 0 Å². The first-order chi connectivity index (χ1) is 9.38. The van der Waals surface area contributed by atoms with E-state index in [4.69, 9.17) is 4.98 Å². The lowest BCUT2D eigenvalue weighted by molar-refractivity contribution is 0.795. The maximum Gasteiger partial charge on any atom is 0.186 e. The van der Waals surface area contributed by atoms with E-state index < -0.39 is 0 Å². The standard InChI is InChI=1S/C15H19N3S/c1-16-11-13-14(12-7-3-2-4-8-12)19-15(17-13)18-9-5-6-10-18/h2-4,7-8,16H,5-6,9-11H2,1H3. The zero-order valence-corrected chi connectivity index (χ0v) is 12.0. The highest BCUT2D eigenvalue weighted by Gasteiger charge is 2.19. The molecule has 1 saturated heterocycles. The third kappa shape index (κ3) is 2.65. The maximum absolute atomic E-state index is 4.84. The molecule has 19 heavy (non-hydrogen) atoms. The lowest BCUT2D eigenvalue weighted by Crippen LogP contribution is -2.17. The summed E-state index contributed by atoms with van der Waals surface area (Å²) in [5, 5.41) is 4.41. The third-order valence-corrected chi connectivity index (χ3v) is 4.65. The van der Waals surface area contributed by atoms with Crippen LogP contribution in [0.1, 0.15) is 18.5 Å². The van der Waals surface area contributed by atoms with Crippen LogP contribution in [-0.4, -0.2) is 25.1 Å². The molecule has 100 valence electrons. The average Bonchev–Trinajstić information content (AvgIpc) is 3.08. The van der Waals surface area contributed by atoms with Crippen LogP contribution in [0, 0.1) is 0 Å². The molecule has 1 aliphatic heterocycles. The molecule has 0 bridgehead atoms. The van der Waals surface area contributed by atoms with Gasteiger partial charge in [0, 0.05) is 19.6 Å². The van der Waals surface area contributed by atoms with Crippen LogP contribution in [-0.2, 0) is 6.54 Å². The molecule has 1 fully saturated rings. The van der Waals surface area contributed by atoms with E-state index in [0.29, 0.717) is 0 Å². The molecule has 2 aromatic rings. The molecule has 2 heterocycles. The van der Waals surface area contributed by atoms with Gasteiger partial charge in [-0.1, -0.05) is 41.7 Å². The smallest absolute Gasteiger partial charge is 0.186 e. The number of thiazole rings is 1. The first-order valence-corrected chi connectivity index (χ1v) is 7.65. The number of hydrogen-bond donors (Lipinski definition) is 1. The topological polar surface area (TPSA) is 28.2 Å². The van der Waals surface area contributed by atoms with Gasteiger partial charge in [0.15, 0.2) is 5.13 Å². The zero-order valence-electron chi connectivity index (χ0n) is 11.2. The highest BCUT2D eigenvalue weighted by Crippen LogP contribution is 2.35. The molecule has 1 aromatic heterocycles. The molecule has 3 nitrogen and oxygen atoms in total. The van der Waals surface area contributed by atoms with Crippen molar-refractivity contribution >= 4 is 16.5 Å². The molecular formula is C15H19N3S. The van der Waals surface area contributed by atoms with Gasteiger partial charge in [0.1, 0.15) is 0 Å². The third-order valence-electron chi connectivity index (χ3n) is 3.44. The Morgan fingerprint density at radius 3 is 2.63 bits per heavy atom. The first kappa shape index (κ1) is 12.6. The van der Waals surface area contributed by atoms with E-state index in [1.807, 2.05) is 18.4 Å². The zero-order chi connectivity index (χ0) is 13.1. The molecule has 0 spiro atoms. The molecule has 1 aliphatic rings. The summed E-state index contributed by atoms with van der Waals surface area (Å²) in [7, 11) is 1.98. The minimum atomic E-state index is 0.828. The summed E-state index contributed by atoms with van der Waals surface area (Å²) >= 11 is 1.82. The highest BCUT2D eigenvalue weighted by atomic mass is 32.1. The van der Waals surface area contributed by atoms with Crippen LogP contribution in [0.5, 0.6) is 0 Å². The molecule has 1 N–H and O–H groups in total. The Hall–Kier alpha value is -1.39. The Kier molecular flexibility index (Phi) is 3.80. The number of rotatable bonds is 4. The minimum absolute atomic E-state index is 0.828. The van der Waals surface area contributed by atoms with Gasteiger partial charge in [-0.25, -0.2) is 4.98 Å². The van der Waals surface area contributed by atoms with Crippen molar-refractivity contribution in [1.29, 1.82) is 0 Å². The molecule has 0 amide bonds. The summed E-state index contributed by atoms with van der Waals surface area (Å²) in [5.41, 5.74) is 2.44. The summed E-state index contributed by atoms with van der Waals surface area (Å²) in [6, 6.07) is 10.6. The summed E-state index contributed by atoms with van der Waals surface area (Å²) in [4.78, 5) is 8.56. The molecule has 0 unspecified atom stereocenters. The van der Waals surface area contributed by atoms with Gasteiger partial charge >= 0.3 is 0 Å². The van der Waals surface area contributed by atoms with Crippen molar-refractivity contribution in [3.05, 3.63) is 36.0 Å². The van der Waals surface area contributed by atoms with Gasteiger partial charge in [-0.15, -0.1) is 0 Å². The second-order valence-corrected chi connectivity index (χ2v) is 5.84. The molecule has 0 atom stereocenters. The first-order valence-electron chi connectivity index (χ1n) is 6.83. The number of benzene rings is 1. The van der Waals surface area contributed by atoms with Crippen LogP contribution in [0.4, 0.5) is 5.13 Å². The predicted octanol–water partition coefficient (Wildman–Crippen LogP) is 3.13. The van der Waals surface area contributed by atoms with Crippen LogP contribution in [0.25, 0.3) is 10.4 Å². The van der Waals surface area contributed by atoms with Crippen LogP contribution < -0.4 is 10.2 Å². The van der Waals surface area contributed by atoms with E-state index in [9.17, 15) is 0 Å². The quantitative estimate of drug-likeness (QED) is 0.927. The van der Waals surface area contributed by atoms with Gasteiger partial charge in [0.25, 0.3) is 0 Å². The Morgan fingerprint density at radius 2 is 1.95 bits per heavy atom. The van der Waals surface area contributed by atoms with Crippen molar-refractivity contribution in [2.45, 2.75) is 19.4 Å². The summed E-state index contributed by atoms with van der Waals surface area (Å²) in [5.74, 6) is 0. The number of aromatic nitrogens is 1. The van der Waals surface area contributed by atoms with E-state index in [1.54, 1.807) is 0 Å². The minimum Gasteiger partial charge on any atom is -0.348 e. The Morgan fingerprint density at radius 1 is 1.21 bits per heavy atom. The Labute approximate surface area is 118 Å². The van der Waals surface area contributed by atoms with Crippen molar-refractivity contribution in [1.82, 2.24) is 10.3 Å². The molecule has 0 saturated carbocycles. The molecule has 0 aliphatic carbocycles. The SMILES string of the molecule is CNCc1nc(N2CCCC2)sc1-c1ccccc1. The van der Waals surface area contributed by atoms with Gasteiger partial charge in [-0.05, 0) is 25.5 Å². The van der Waals surface area contributed by atoms with E-state index in [-0.39, 0.29) is 0 Å². The Balaban J connectivity index is 1.97. The maximum atomic E-state index is 4.84. The fourth-order valence-corrected chi connectivity index (χ4v) is 3.62. The summed E-state index contributed by atoms with van der Waals surface area (Å²) in [6.45, 7) is 3.13. The van der Waals surface area contributed by atoms with E-state index in [0.717, 1.165) is 19.6 Å². The van der Waals surface area contributed by atoms with Crippen LogP contribution in [0.3, 0.4) is 0 Å². The van der Waals surface area contributed by atoms with E-state index in [1.165, 1.54) is 34.1 Å². The normalized spacial score (nSPS) is 15.1. The Bertz CT molecular complexity index is 530. The van der Waals surface area contributed by atoms with Crippen molar-refractivity contribution in [2.24, 2.45) is 0 Å². The van der Waals surface area contributed by atoms with Crippen LogP contribution in [0.2, 0.25) is 0 Å². The van der Waals surface area contributed by atoms with Gasteiger partial charge < -0.3 is 10.2 Å². The van der Waals surface area contributed by atoms with Gasteiger partial charge in [-0.2, -0.15) is 0 Å². The molecular weight excluding hydrogens is 254 g/mol. The average molecular weight is 273 g/mol.